The van der Waals surface area contributed by atoms with Crippen LogP contribution in [-0.4, -0.2) is 47.8 Å². The normalized spacial score (nSPS) is 20.8. The average molecular weight is 405 g/mol. The first-order valence-electron chi connectivity index (χ1n) is 9.23. The zero-order valence-corrected chi connectivity index (χ0v) is 15.5. The van der Waals surface area contributed by atoms with Crippen LogP contribution in [0.4, 0.5) is 14.9 Å². The van der Waals surface area contributed by atoms with Crippen LogP contribution in [0.1, 0.15) is 25.7 Å². The fourth-order valence-electron chi connectivity index (χ4n) is 3.59. The van der Waals surface area contributed by atoms with Crippen LogP contribution in [0.25, 0.3) is 0 Å². The van der Waals surface area contributed by atoms with Gasteiger partial charge in [-0.05, 0) is 25.0 Å². The molecule has 0 aromatic heterocycles. The minimum Gasteiger partial charge on any atom is -0.454 e. The number of carbonyl (C=O) groups is 5. The number of esters is 1. The van der Waals surface area contributed by atoms with Crippen LogP contribution in [-0.2, 0) is 23.9 Å². The third-order valence-corrected chi connectivity index (χ3v) is 4.96. The molecule has 2 aliphatic rings. The second-order valence-corrected chi connectivity index (χ2v) is 6.90. The molecule has 10 heteroatoms. The number of fused-ring (bicyclic) bond motifs is 1. The summed E-state index contributed by atoms with van der Waals surface area (Å²) in [5.74, 6) is -4.09. The molecular weight excluding hydrogens is 385 g/mol. The summed E-state index contributed by atoms with van der Waals surface area (Å²) in [5.41, 5.74) is -0.123. The molecular formula is C19H20FN3O6. The summed E-state index contributed by atoms with van der Waals surface area (Å²) >= 11 is 0. The molecule has 1 aromatic rings. The number of halogens is 1. The van der Waals surface area contributed by atoms with E-state index < -0.39 is 36.9 Å². The number of nitrogens with zero attached hydrogens (tertiary/aromatic N) is 1. The molecule has 2 N–H and O–H groups in total. The van der Waals surface area contributed by atoms with Gasteiger partial charge in [0.25, 0.3) is 5.91 Å². The van der Waals surface area contributed by atoms with Gasteiger partial charge in [-0.15, -0.1) is 0 Å². The fraction of sp³-hybridized carbons (Fsp3) is 0.421. The van der Waals surface area contributed by atoms with E-state index in [1.54, 1.807) is 0 Å². The van der Waals surface area contributed by atoms with Gasteiger partial charge in [0.1, 0.15) is 12.4 Å². The number of urea groups is 1. The van der Waals surface area contributed by atoms with E-state index in [1.165, 1.54) is 18.2 Å². The molecule has 5 amide bonds. The van der Waals surface area contributed by atoms with Crippen LogP contribution in [0.15, 0.2) is 24.3 Å². The Balaban J connectivity index is 1.44. The number of hydrogen-bond donors (Lipinski definition) is 2. The van der Waals surface area contributed by atoms with Crippen molar-refractivity contribution >= 4 is 35.4 Å². The number of nitrogens with one attached hydrogen (secondary N) is 2. The van der Waals surface area contributed by atoms with E-state index in [-0.39, 0.29) is 29.3 Å². The molecule has 154 valence electrons. The highest BCUT2D eigenvalue weighted by Crippen LogP contribution is 2.37. The van der Waals surface area contributed by atoms with Gasteiger partial charge in [0.2, 0.25) is 11.8 Å². The molecule has 0 spiro atoms. The first-order valence-corrected chi connectivity index (χ1v) is 9.23. The number of carbonyl (C=O) groups excluding carboxylic acids is 5. The van der Waals surface area contributed by atoms with E-state index in [2.05, 4.69) is 5.32 Å². The lowest BCUT2D eigenvalue weighted by Crippen LogP contribution is -2.40. The first-order chi connectivity index (χ1) is 13.9. The molecule has 2 fully saturated rings. The molecule has 1 aromatic carbocycles. The van der Waals surface area contributed by atoms with Crippen molar-refractivity contribution in [2.45, 2.75) is 25.7 Å². The van der Waals surface area contributed by atoms with Gasteiger partial charge in [0, 0.05) is 0 Å². The summed E-state index contributed by atoms with van der Waals surface area (Å²) in [6.07, 6.45) is 2.99. The first kappa shape index (κ1) is 20.4. The second kappa shape index (κ2) is 8.80. The molecule has 0 bridgehead atoms. The van der Waals surface area contributed by atoms with Crippen molar-refractivity contribution in [3.05, 3.63) is 30.1 Å². The number of rotatable bonds is 5. The highest BCUT2D eigenvalue weighted by molar-refractivity contribution is 6.07. The van der Waals surface area contributed by atoms with Crippen molar-refractivity contribution in [3.63, 3.8) is 0 Å². The summed E-state index contributed by atoms with van der Waals surface area (Å²) in [6, 6.07) is 4.38. The van der Waals surface area contributed by atoms with Crippen molar-refractivity contribution in [2.75, 3.05) is 18.5 Å². The lowest BCUT2D eigenvalue weighted by molar-refractivity contribution is -0.154. The quantitative estimate of drug-likeness (QED) is 0.561. The maximum Gasteiger partial charge on any atom is 0.326 e. The van der Waals surface area contributed by atoms with Crippen LogP contribution in [0.2, 0.25) is 0 Å². The third-order valence-electron chi connectivity index (χ3n) is 4.96. The van der Waals surface area contributed by atoms with Crippen molar-refractivity contribution < 1.29 is 33.1 Å². The predicted molar refractivity (Wildman–Crippen MR) is 96.7 cm³/mol. The number of ether oxygens (including phenoxy) is 1. The van der Waals surface area contributed by atoms with Gasteiger partial charge in [-0.3, -0.25) is 29.4 Å². The number of amides is 5. The van der Waals surface area contributed by atoms with Crippen molar-refractivity contribution in [2.24, 2.45) is 11.8 Å². The minimum atomic E-state index is -0.995. The van der Waals surface area contributed by atoms with Gasteiger partial charge < -0.3 is 10.1 Å². The molecule has 1 aliphatic heterocycles. The predicted octanol–water partition coefficient (Wildman–Crippen LogP) is 1.19. The van der Waals surface area contributed by atoms with Gasteiger partial charge in [0.05, 0.1) is 17.5 Å². The van der Waals surface area contributed by atoms with Gasteiger partial charge >= 0.3 is 12.0 Å². The molecule has 2 atom stereocenters. The lowest BCUT2D eigenvalue weighted by Gasteiger charge is -2.19. The number of hydrogen-bond acceptors (Lipinski definition) is 6. The maximum absolute atomic E-state index is 13.5. The van der Waals surface area contributed by atoms with Gasteiger partial charge in [0.15, 0.2) is 6.61 Å². The van der Waals surface area contributed by atoms with Gasteiger partial charge in [-0.1, -0.05) is 25.0 Å². The van der Waals surface area contributed by atoms with Crippen LogP contribution < -0.4 is 10.6 Å². The largest absolute Gasteiger partial charge is 0.454 e. The number of anilines is 1. The van der Waals surface area contributed by atoms with E-state index in [4.69, 9.17) is 4.74 Å². The average Bonchev–Trinajstić information content (AvgIpc) is 2.93. The van der Waals surface area contributed by atoms with Crippen LogP contribution in [0, 0.1) is 17.7 Å². The van der Waals surface area contributed by atoms with E-state index in [0.717, 1.165) is 23.8 Å². The Bertz CT molecular complexity index is 834. The number of para-hydroxylation sites is 1. The van der Waals surface area contributed by atoms with Crippen molar-refractivity contribution in [1.82, 2.24) is 10.2 Å². The molecule has 29 heavy (non-hydrogen) atoms. The maximum atomic E-state index is 13.5. The highest BCUT2D eigenvalue weighted by atomic mass is 19.1. The molecule has 1 saturated carbocycles. The molecule has 0 unspecified atom stereocenters. The van der Waals surface area contributed by atoms with Gasteiger partial charge in [-0.25, -0.2) is 9.18 Å². The SMILES string of the molecule is O=C(COC(=O)CN1C(=O)[C@H]2CCCC[C@@H]2C1=O)NC(=O)Nc1ccccc1F. The zero-order chi connectivity index (χ0) is 21.0. The van der Waals surface area contributed by atoms with Crippen LogP contribution in [0.3, 0.4) is 0 Å². The monoisotopic (exact) mass is 405 g/mol. The molecule has 1 aliphatic carbocycles. The zero-order valence-electron chi connectivity index (χ0n) is 15.5. The smallest absolute Gasteiger partial charge is 0.326 e. The number of likely N-dealkylation sites (tertiary alicyclic amines) is 1. The van der Waals surface area contributed by atoms with E-state index in [1.807, 2.05) is 5.32 Å². The molecule has 9 nitrogen and oxygen atoms in total. The summed E-state index contributed by atoms with van der Waals surface area (Å²) in [7, 11) is 0. The molecule has 0 radical (unpaired) electrons. The number of imide groups is 2. The highest BCUT2D eigenvalue weighted by Gasteiger charge is 2.48. The Labute approximate surface area is 165 Å². The Kier molecular flexibility index (Phi) is 6.20. The summed E-state index contributed by atoms with van der Waals surface area (Å²) in [5, 5.41) is 4.03. The summed E-state index contributed by atoms with van der Waals surface area (Å²) < 4.78 is 18.2. The standard InChI is InChI=1S/C19H20FN3O6/c20-13-7-3-4-8-14(13)21-19(28)22-15(24)10-29-16(25)9-23-17(26)11-5-1-2-6-12(11)18(23)27/h3-4,7-8,11-12H,1-2,5-6,9-10H2,(H2,21,22,24,28)/t11-,12-/m0/s1. The van der Waals surface area contributed by atoms with E-state index in [0.29, 0.717) is 12.8 Å². The molecule has 1 saturated heterocycles. The van der Waals surface area contributed by atoms with Crippen molar-refractivity contribution in [1.29, 1.82) is 0 Å². The van der Waals surface area contributed by atoms with E-state index in [9.17, 15) is 28.4 Å². The summed E-state index contributed by atoms with van der Waals surface area (Å²) in [4.78, 5) is 60.8. The lowest BCUT2D eigenvalue weighted by atomic mass is 9.81. The Morgan fingerprint density at radius 1 is 1.07 bits per heavy atom. The van der Waals surface area contributed by atoms with E-state index >= 15 is 0 Å². The number of benzene rings is 1. The van der Waals surface area contributed by atoms with Crippen molar-refractivity contribution in [3.8, 4) is 0 Å². The minimum absolute atomic E-state index is 0.123. The molecule has 3 rings (SSSR count). The third kappa shape index (κ3) is 4.76. The van der Waals surface area contributed by atoms with Crippen LogP contribution >= 0.6 is 0 Å². The Morgan fingerprint density at radius 3 is 2.31 bits per heavy atom. The van der Waals surface area contributed by atoms with Gasteiger partial charge in [-0.2, -0.15) is 0 Å². The second-order valence-electron chi connectivity index (χ2n) is 6.90. The van der Waals surface area contributed by atoms with Crippen LogP contribution in [0.5, 0.6) is 0 Å². The summed E-state index contributed by atoms with van der Waals surface area (Å²) in [6.45, 7) is -1.36. The Hall–Kier alpha value is -3.30. The topological polar surface area (TPSA) is 122 Å². The molecule has 1 heterocycles. The fourth-order valence-corrected chi connectivity index (χ4v) is 3.59. The Morgan fingerprint density at radius 2 is 1.69 bits per heavy atom.